The van der Waals surface area contributed by atoms with Gasteiger partial charge in [-0.1, -0.05) is 12.2 Å². The molecule has 2 amide bonds. The Morgan fingerprint density at radius 1 is 1.08 bits per heavy atom. The van der Waals surface area contributed by atoms with Gasteiger partial charge in [0, 0.05) is 0 Å². The van der Waals surface area contributed by atoms with Crippen LogP contribution in [-0.4, -0.2) is 24.4 Å². The molecule has 2 saturated carbocycles. The smallest absolute Gasteiger partial charge is 0.338 e. The predicted molar refractivity (Wildman–Crippen MR) is 89.7 cm³/mol. The lowest BCUT2D eigenvalue weighted by Crippen LogP contribution is -2.34. The van der Waals surface area contributed by atoms with E-state index >= 15 is 0 Å². The molecule has 4 aliphatic rings. The van der Waals surface area contributed by atoms with E-state index in [-0.39, 0.29) is 40.9 Å². The zero-order chi connectivity index (χ0) is 17.3. The van der Waals surface area contributed by atoms with Gasteiger partial charge in [-0.25, -0.2) is 4.79 Å². The van der Waals surface area contributed by atoms with Crippen molar-refractivity contribution in [1.29, 1.82) is 0 Å². The van der Waals surface area contributed by atoms with Crippen LogP contribution in [0.3, 0.4) is 0 Å². The molecule has 4 atom stereocenters. The lowest BCUT2D eigenvalue weighted by atomic mass is 9.85. The van der Waals surface area contributed by atoms with Crippen LogP contribution in [0, 0.1) is 29.1 Å². The van der Waals surface area contributed by atoms with E-state index in [9.17, 15) is 14.4 Å². The number of allylic oxidation sites excluding steroid dienone is 2. The van der Waals surface area contributed by atoms with E-state index < -0.39 is 5.97 Å². The van der Waals surface area contributed by atoms with E-state index in [4.69, 9.17) is 4.74 Å². The molecule has 25 heavy (non-hydrogen) atoms. The van der Waals surface area contributed by atoms with Gasteiger partial charge in [-0.2, -0.15) is 0 Å². The Hall–Kier alpha value is -2.43. The molecule has 5 nitrogen and oxygen atoms in total. The van der Waals surface area contributed by atoms with Crippen molar-refractivity contribution in [2.24, 2.45) is 29.1 Å². The number of rotatable bonds is 3. The highest BCUT2D eigenvalue weighted by molar-refractivity contribution is 6.23. The second kappa shape index (κ2) is 4.81. The third kappa shape index (κ3) is 1.76. The summed E-state index contributed by atoms with van der Waals surface area (Å²) >= 11 is 0. The molecule has 5 rings (SSSR count). The number of anilines is 1. The molecular formula is C20H19NO4. The Kier molecular flexibility index (Phi) is 2.86. The Morgan fingerprint density at radius 3 is 2.12 bits per heavy atom. The van der Waals surface area contributed by atoms with Crippen LogP contribution < -0.4 is 4.90 Å². The number of benzene rings is 1. The van der Waals surface area contributed by atoms with Crippen molar-refractivity contribution < 1.29 is 19.1 Å². The number of amides is 2. The van der Waals surface area contributed by atoms with Gasteiger partial charge in [-0.05, 0) is 61.3 Å². The molecule has 1 spiro atoms. The van der Waals surface area contributed by atoms with Gasteiger partial charge in [0.2, 0.25) is 11.8 Å². The van der Waals surface area contributed by atoms with Crippen molar-refractivity contribution in [1.82, 2.24) is 0 Å². The van der Waals surface area contributed by atoms with Crippen molar-refractivity contribution in [2.75, 3.05) is 11.5 Å². The highest BCUT2D eigenvalue weighted by Crippen LogP contribution is 2.73. The minimum atomic E-state index is -0.400. The molecule has 0 aromatic heterocycles. The Labute approximate surface area is 145 Å². The van der Waals surface area contributed by atoms with Crippen LogP contribution in [0.1, 0.15) is 30.1 Å². The molecule has 0 N–H and O–H groups in total. The topological polar surface area (TPSA) is 63.7 Å². The van der Waals surface area contributed by atoms with Gasteiger partial charge >= 0.3 is 5.97 Å². The molecule has 1 aliphatic heterocycles. The molecule has 0 unspecified atom stereocenters. The molecule has 1 aromatic carbocycles. The van der Waals surface area contributed by atoms with Gasteiger partial charge in [0.25, 0.3) is 0 Å². The first-order valence-electron chi connectivity index (χ1n) is 8.92. The summed E-state index contributed by atoms with van der Waals surface area (Å²) < 4.78 is 4.97. The molecule has 128 valence electrons. The normalized spacial score (nSPS) is 33.2. The summed E-state index contributed by atoms with van der Waals surface area (Å²) in [7, 11) is 0. The van der Waals surface area contributed by atoms with Gasteiger partial charge in [-0.3, -0.25) is 14.5 Å². The van der Waals surface area contributed by atoms with Crippen LogP contribution in [0.4, 0.5) is 5.69 Å². The largest absolute Gasteiger partial charge is 0.462 e. The van der Waals surface area contributed by atoms with Gasteiger partial charge < -0.3 is 4.74 Å². The van der Waals surface area contributed by atoms with Crippen molar-refractivity contribution in [2.45, 2.75) is 19.8 Å². The standard InChI is InChI=1S/C20H19NO4/c1-2-25-19(24)11-3-5-12(6-4-11)21-17(22)15-13-7-8-14(16(15)18(21)23)20(13)9-10-20/h3-8,13-16H,2,9-10H2,1H3/t13-,14-,15+,16+/m1/s1. The van der Waals surface area contributed by atoms with Crippen LogP contribution in [-0.2, 0) is 14.3 Å². The fraction of sp³-hybridized carbons (Fsp3) is 0.450. The summed E-state index contributed by atoms with van der Waals surface area (Å²) in [5.41, 5.74) is 1.17. The van der Waals surface area contributed by atoms with Gasteiger partial charge in [0.15, 0.2) is 0 Å². The molecule has 1 aromatic rings. The molecule has 3 fully saturated rings. The maximum atomic E-state index is 13.0. The van der Waals surface area contributed by atoms with Crippen LogP contribution >= 0.6 is 0 Å². The molecule has 1 saturated heterocycles. The average Bonchev–Trinajstić information content (AvgIpc) is 3.20. The molecule has 3 aliphatic carbocycles. The zero-order valence-electron chi connectivity index (χ0n) is 14.0. The molecule has 0 radical (unpaired) electrons. The van der Waals surface area contributed by atoms with Gasteiger partial charge in [-0.15, -0.1) is 0 Å². The first kappa shape index (κ1) is 14.9. The highest BCUT2D eigenvalue weighted by atomic mass is 16.5. The number of nitrogens with zero attached hydrogens (tertiary/aromatic N) is 1. The Bertz CT molecular complexity index is 787. The van der Waals surface area contributed by atoms with Gasteiger partial charge in [0.1, 0.15) is 0 Å². The molecule has 1 heterocycles. The zero-order valence-corrected chi connectivity index (χ0v) is 14.0. The lowest BCUT2D eigenvalue weighted by Gasteiger charge is -2.21. The third-order valence-corrected chi connectivity index (χ3v) is 6.49. The number of carbonyl (C=O) groups excluding carboxylic acids is 3. The van der Waals surface area contributed by atoms with E-state index in [2.05, 4.69) is 12.2 Å². The number of carbonyl (C=O) groups is 3. The van der Waals surface area contributed by atoms with Crippen LogP contribution in [0.2, 0.25) is 0 Å². The second-order valence-corrected chi connectivity index (χ2v) is 7.50. The summed E-state index contributed by atoms with van der Waals surface area (Å²) in [6.07, 6.45) is 6.60. The number of fused-ring (bicyclic) bond motifs is 3. The average molecular weight is 337 g/mol. The Balaban J connectivity index is 1.44. The van der Waals surface area contributed by atoms with Crippen molar-refractivity contribution in [3.05, 3.63) is 42.0 Å². The van der Waals surface area contributed by atoms with E-state index in [0.29, 0.717) is 17.9 Å². The first-order chi connectivity index (χ1) is 12.1. The maximum Gasteiger partial charge on any atom is 0.338 e. The number of esters is 1. The fourth-order valence-corrected chi connectivity index (χ4v) is 5.29. The predicted octanol–water partition coefficient (Wildman–Crippen LogP) is 2.56. The van der Waals surface area contributed by atoms with E-state index in [1.165, 1.54) is 4.90 Å². The highest BCUT2D eigenvalue weighted by Gasteiger charge is 2.73. The van der Waals surface area contributed by atoms with Crippen molar-refractivity contribution in [3.63, 3.8) is 0 Å². The summed E-state index contributed by atoms with van der Waals surface area (Å²) in [6, 6.07) is 6.53. The maximum absolute atomic E-state index is 13.0. The number of imide groups is 1. The SMILES string of the molecule is CCOC(=O)c1ccc(N2C(=O)[C@@H]3[C@@H](C2=O)[C@H]2C=C[C@H]3C23CC3)cc1. The number of hydrogen-bond donors (Lipinski definition) is 0. The number of ether oxygens (including phenoxy) is 1. The summed E-state index contributed by atoms with van der Waals surface area (Å²) in [5.74, 6) is -0.512. The lowest BCUT2D eigenvalue weighted by molar-refractivity contribution is -0.123. The summed E-state index contributed by atoms with van der Waals surface area (Å²) in [6.45, 7) is 2.06. The van der Waals surface area contributed by atoms with E-state index in [1.54, 1.807) is 31.2 Å². The summed E-state index contributed by atoms with van der Waals surface area (Å²) in [4.78, 5) is 39.1. The minimum Gasteiger partial charge on any atom is -0.462 e. The van der Waals surface area contributed by atoms with Gasteiger partial charge in [0.05, 0.1) is 29.7 Å². The molecular weight excluding hydrogens is 318 g/mol. The first-order valence-corrected chi connectivity index (χ1v) is 8.92. The van der Waals surface area contributed by atoms with Crippen LogP contribution in [0.25, 0.3) is 0 Å². The number of hydrogen-bond acceptors (Lipinski definition) is 4. The summed E-state index contributed by atoms with van der Waals surface area (Å²) in [5, 5.41) is 0. The fourth-order valence-electron chi connectivity index (χ4n) is 5.29. The van der Waals surface area contributed by atoms with E-state index in [1.807, 2.05) is 0 Å². The second-order valence-electron chi connectivity index (χ2n) is 7.50. The Morgan fingerprint density at radius 2 is 1.64 bits per heavy atom. The van der Waals surface area contributed by atoms with E-state index in [0.717, 1.165) is 12.8 Å². The molecule has 5 heteroatoms. The monoisotopic (exact) mass is 337 g/mol. The minimum absolute atomic E-state index is 0.0815. The van der Waals surface area contributed by atoms with Crippen molar-refractivity contribution >= 4 is 23.5 Å². The van der Waals surface area contributed by atoms with Crippen LogP contribution in [0.15, 0.2) is 36.4 Å². The third-order valence-electron chi connectivity index (χ3n) is 6.49. The quantitative estimate of drug-likeness (QED) is 0.483. The van der Waals surface area contributed by atoms with Crippen molar-refractivity contribution in [3.8, 4) is 0 Å². The van der Waals surface area contributed by atoms with Crippen LogP contribution in [0.5, 0.6) is 0 Å². The molecule has 2 bridgehead atoms.